The fraction of sp³-hybridized carbons (Fsp3) is 0.308. The predicted octanol–water partition coefficient (Wildman–Crippen LogP) is 5.69. The Hall–Kier alpha value is -3.08. The number of nitrogens with zero attached hydrogens (tertiary/aromatic N) is 1. The van der Waals surface area contributed by atoms with Crippen molar-refractivity contribution < 1.29 is 32.6 Å². The van der Waals surface area contributed by atoms with Crippen LogP contribution in [0.15, 0.2) is 48.5 Å². The number of hydrogen-bond donors (Lipinski definition) is 2. The van der Waals surface area contributed by atoms with Gasteiger partial charge in [0.05, 0.1) is 12.1 Å². The molecular weight excluding hydrogens is 529 g/mol. The zero-order valence-electron chi connectivity index (χ0n) is 20.1. The number of anilines is 1. The van der Waals surface area contributed by atoms with Gasteiger partial charge in [-0.1, -0.05) is 30.3 Å². The van der Waals surface area contributed by atoms with Crippen LogP contribution in [0, 0.1) is 6.92 Å². The molecule has 0 spiro atoms. The quantitative estimate of drug-likeness (QED) is 0.374. The smallest absolute Gasteiger partial charge is 0.426 e. The highest BCUT2D eigenvalue weighted by atomic mass is 35.5. The summed E-state index contributed by atoms with van der Waals surface area (Å²) in [5.41, 5.74) is 3.01. The number of ether oxygens (including phenoxy) is 1. The van der Waals surface area contributed by atoms with E-state index in [1.807, 2.05) is 6.92 Å². The second-order valence-electron chi connectivity index (χ2n) is 8.53. The molecule has 2 heterocycles. The highest BCUT2D eigenvalue weighted by Crippen LogP contribution is 2.43. The molecule has 1 aliphatic heterocycles. The number of thiophene rings is 1. The summed E-state index contributed by atoms with van der Waals surface area (Å²) in [4.78, 5) is 25.4. The molecule has 1 unspecified atom stereocenters. The van der Waals surface area contributed by atoms with E-state index in [-0.39, 0.29) is 36.9 Å². The molecule has 6 nitrogen and oxygen atoms in total. The molecule has 1 amide bonds. The van der Waals surface area contributed by atoms with Gasteiger partial charge in [0.1, 0.15) is 23.3 Å². The average molecular weight is 555 g/mol. The Bertz CT molecular complexity index is 1280. The molecule has 11 heteroatoms. The minimum Gasteiger partial charge on any atom is -0.488 e. The van der Waals surface area contributed by atoms with Crippen molar-refractivity contribution in [3.63, 3.8) is 0 Å². The van der Waals surface area contributed by atoms with E-state index in [9.17, 15) is 27.9 Å². The SMILES string of the molecule is CNC(CC(=O)N1CCc2cc(OCc3cc(-c4ccccc4)c(C(F)(F)F)s3)cc(C)c21)C(=O)O.Cl. The topological polar surface area (TPSA) is 78.9 Å². The third-order valence-electron chi connectivity index (χ3n) is 6.06. The molecule has 2 N–H and O–H groups in total. The minimum absolute atomic E-state index is 0. The van der Waals surface area contributed by atoms with E-state index in [0.29, 0.717) is 40.5 Å². The maximum absolute atomic E-state index is 13.7. The standard InChI is InChI=1S/C26H25F3N2O4S.ClH/c1-15-10-18(11-17-8-9-31(23(15)17)22(32)13-21(30-2)25(33)34)35-14-19-12-20(16-6-4-3-5-7-16)24(36-19)26(27,28)29;/h3-7,10-12,21,30H,8-9,13-14H2,1-2H3,(H,33,34);1H. The van der Waals surface area contributed by atoms with Gasteiger partial charge in [0, 0.05) is 17.0 Å². The molecule has 1 aliphatic rings. The number of hydrogen-bond acceptors (Lipinski definition) is 5. The van der Waals surface area contributed by atoms with E-state index in [4.69, 9.17) is 4.74 Å². The summed E-state index contributed by atoms with van der Waals surface area (Å²) in [6.45, 7) is 2.23. The molecule has 0 aliphatic carbocycles. The number of carboxylic acids is 1. The van der Waals surface area contributed by atoms with Crippen LogP contribution in [0.1, 0.15) is 27.3 Å². The summed E-state index contributed by atoms with van der Waals surface area (Å²) < 4.78 is 46.9. The van der Waals surface area contributed by atoms with E-state index in [0.717, 1.165) is 16.8 Å². The van der Waals surface area contributed by atoms with Crippen LogP contribution in [-0.2, 0) is 28.8 Å². The Morgan fingerprint density at radius 3 is 2.51 bits per heavy atom. The predicted molar refractivity (Wildman–Crippen MR) is 139 cm³/mol. The summed E-state index contributed by atoms with van der Waals surface area (Å²) in [7, 11) is 1.49. The summed E-state index contributed by atoms with van der Waals surface area (Å²) in [6.07, 6.45) is -4.07. The van der Waals surface area contributed by atoms with Gasteiger partial charge >= 0.3 is 12.1 Å². The van der Waals surface area contributed by atoms with Crippen LogP contribution in [0.2, 0.25) is 0 Å². The first-order chi connectivity index (χ1) is 17.1. The number of fused-ring (bicyclic) bond motifs is 1. The molecule has 1 aromatic heterocycles. The van der Waals surface area contributed by atoms with Gasteiger partial charge in [-0.2, -0.15) is 13.2 Å². The minimum atomic E-state index is -4.47. The van der Waals surface area contributed by atoms with Gasteiger partial charge in [-0.3, -0.25) is 9.59 Å². The number of carbonyl (C=O) groups excluding carboxylic acids is 1. The first kappa shape index (κ1) is 28.5. The van der Waals surface area contributed by atoms with E-state index < -0.39 is 23.1 Å². The summed E-state index contributed by atoms with van der Waals surface area (Å²) in [6, 6.07) is 12.5. The molecule has 37 heavy (non-hydrogen) atoms. The average Bonchev–Trinajstić information content (AvgIpc) is 3.46. The molecule has 198 valence electrons. The Kier molecular flexibility index (Phi) is 8.88. The van der Waals surface area contributed by atoms with Crippen molar-refractivity contribution in [3.8, 4) is 16.9 Å². The molecule has 4 rings (SSSR count). The lowest BCUT2D eigenvalue weighted by atomic mass is 10.1. The zero-order valence-corrected chi connectivity index (χ0v) is 21.7. The van der Waals surface area contributed by atoms with Gasteiger partial charge in [-0.25, -0.2) is 0 Å². The van der Waals surface area contributed by atoms with Gasteiger partial charge in [0.25, 0.3) is 0 Å². The largest absolute Gasteiger partial charge is 0.488 e. The number of rotatable bonds is 8. The van der Waals surface area contributed by atoms with Crippen LogP contribution < -0.4 is 15.0 Å². The van der Waals surface area contributed by atoms with E-state index in [2.05, 4.69) is 5.32 Å². The molecule has 0 saturated carbocycles. The molecule has 0 fully saturated rings. The van der Waals surface area contributed by atoms with Gasteiger partial charge in [-0.15, -0.1) is 23.7 Å². The van der Waals surface area contributed by atoms with Gasteiger partial charge in [0.15, 0.2) is 0 Å². The van der Waals surface area contributed by atoms with Crippen molar-refractivity contribution in [2.24, 2.45) is 0 Å². The highest BCUT2D eigenvalue weighted by Gasteiger charge is 2.36. The normalized spacial score (nSPS) is 13.6. The number of benzene rings is 2. The maximum Gasteiger partial charge on any atom is 0.426 e. The van der Waals surface area contributed by atoms with Crippen LogP contribution >= 0.6 is 23.7 Å². The molecule has 3 aromatic rings. The summed E-state index contributed by atoms with van der Waals surface area (Å²) in [5.74, 6) is -0.884. The summed E-state index contributed by atoms with van der Waals surface area (Å²) >= 11 is 0.668. The molecule has 0 radical (unpaired) electrons. The Morgan fingerprint density at radius 1 is 1.19 bits per heavy atom. The number of carboxylic acid groups (broad SMARTS) is 1. The lowest BCUT2D eigenvalue weighted by Gasteiger charge is -2.21. The molecule has 0 saturated heterocycles. The van der Waals surface area contributed by atoms with Crippen molar-refractivity contribution in [1.29, 1.82) is 0 Å². The van der Waals surface area contributed by atoms with Gasteiger partial charge in [-0.05, 0) is 55.3 Å². The zero-order chi connectivity index (χ0) is 26.0. The first-order valence-corrected chi connectivity index (χ1v) is 12.1. The van der Waals surface area contributed by atoms with Gasteiger partial charge < -0.3 is 20.1 Å². The van der Waals surface area contributed by atoms with Crippen LogP contribution in [0.4, 0.5) is 18.9 Å². The Morgan fingerprint density at radius 2 is 1.89 bits per heavy atom. The van der Waals surface area contributed by atoms with Gasteiger partial charge in [0.2, 0.25) is 5.91 Å². The van der Waals surface area contributed by atoms with Crippen LogP contribution in [-0.4, -0.2) is 36.6 Å². The fourth-order valence-electron chi connectivity index (χ4n) is 4.38. The molecule has 2 aromatic carbocycles. The number of alkyl halides is 3. The molecule has 1 atom stereocenters. The third-order valence-corrected chi connectivity index (χ3v) is 7.21. The van der Waals surface area contributed by atoms with Crippen LogP contribution in [0.25, 0.3) is 11.1 Å². The third kappa shape index (κ3) is 6.26. The molecule has 0 bridgehead atoms. The fourth-order valence-corrected chi connectivity index (χ4v) is 5.34. The number of amides is 1. The number of likely N-dealkylation sites (N-methyl/N-ethyl adjacent to an activating group) is 1. The Labute approximate surface area is 222 Å². The van der Waals surface area contributed by atoms with E-state index in [1.165, 1.54) is 13.1 Å². The Balaban J connectivity index is 0.00000380. The second-order valence-corrected chi connectivity index (χ2v) is 9.67. The van der Waals surface area contributed by atoms with E-state index >= 15 is 0 Å². The van der Waals surface area contributed by atoms with Crippen LogP contribution in [0.5, 0.6) is 5.75 Å². The van der Waals surface area contributed by atoms with Crippen molar-refractivity contribution >= 4 is 41.3 Å². The van der Waals surface area contributed by atoms with Crippen molar-refractivity contribution in [1.82, 2.24) is 5.32 Å². The number of aryl methyl sites for hydroxylation is 1. The monoisotopic (exact) mass is 554 g/mol. The molecular formula is C26H26ClF3N2O4S. The number of nitrogens with one attached hydrogen (secondary N) is 1. The number of halogens is 4. The number of aliphatic carboxylic acids is 1. The lowest BCUT2D eigenvalue weighted by molar-refractivity contribution is -0.141. The van der Waals surface area contributed by atoms with Crippen molar-refractivity contribution in [3.05, 3.63) is 69.4 Å². The summed E-state index contributed by atoms with van der Waals surface area (Å²) in [5, 5.41) is 11.8. The van der Waals surface area contributed by atoms with E-state index in [1.54, 1.807) is 47.4 Å². The van der Waals surface area contributed by atoms with Crippen LogP contribution in [0.3, 0.4) is 0 Å². The van der Waals surface area contributed by atoms with Crippen molar-refractivity contribution in [2.75, 3.05) is 18.5 Å². The lowest BCUT2D eigenvalue weighted by Crippen LogP contribution is -2.40. The number of carbonyl (C=O) groups is 2. The highest BCUT2D eigenvalue weighted by molar-refractivity contribution is 7.12. The first-order valence-electron chi connectivity index (χ1n) is 11.3. The maximum atomic E-state index is 13.7. The van der Waals surface area contributed by atoms with Crippen molar-refractivity contribution in [2.45, 2.75) is 38.6 Å². The second kappa shape index (κ2) is 11.5.